The Morgan fingerprint density at radius 3 is 2.79 bits per heavy atom. The Bertz CT molecular complexity index is 651. The van der Waals surface area contributed by atoms with E-state index in [-0.39, 0.29) is 16.8 Å². The van der Waals surface area contributed by atoms with Crippen molar-refractivity contribution in [3.63, 3.8) is 0 Å². The summed E-state index contributed by atoms with van der Waals surface area (Å²) in [5.41, 5.74) is -0.0584. The fourth-order valence-electron chi connectivity index (χ4n) is 1.40. The van der Waals surface area contributed by atoms with Crippen molar-refractivity contribution in [1.29, 1.82) is 0 Å². The van der Waals surface area contributed by atoms with Crippen molar-refractivity contribution in [3.8, 4) is 11.6 Å². The number of rotatable bonds is 3. The molecule has 2 rings (SSSR count). The van der Waals surface area contributed by atoms with E-state index in [1.807, 2.05) is 0 Å². The molecule has 0 radical (unpaired) electrons. The Morgan fingerprint density at radius 2 is 2.16 bits per heavy atom. The van der Waals surface area contributed by atoms with Gasteiger partial charge in [-0.2, -0.15) is 4.98 Å². The zero-order valence-corrected chi connectivity index (χ0v) is 10.4. The minimum Gasteiger partial charge on any atom is -0.433 e. The van der Waals surface area contributed by atoms with Gasteiger partial charge in [0.25, 0.3) is 0 Å². The van der Waals surface area contributed by atoms with E-state index in [0.29, 0.717) is 5.56 Å². The van der Waals surface area contributed by atoms with Crippen LogP contribution in [0.4, 0.5) is 10.1 Å². The molecule has 0 spiro atoms. The highest BCUT2D eigenvalue weighted by molar-refractivity contribution is 6.31. The molecule has 0 unspecified atom stereocenters. The smallest absolute Gasteiger partial charge is 0.368 e. The van der Waals surface area contributed by atoms with Crippen LogP contribution in [0.3, 0.4) is 0 Å². The SMILES string of the molecule is Cc1cc(F)ccc1Oc1ncnc(Cl)c1[N+](=O)[O-]. The molecule has 1 aromatic carbocycles. The van der Waals surface area contributed by atoms with Gasteiger partial charge >= 0.3 is 11.6 Å². The molecule has 19 heavy (non-hydrogen) atoms. The number of benzene rings is 1. The molecule has 6 nitrogen and oxygen atoms in total. The van der Waals surface area contributed by atoms with Crippen LogP contribution >= 0.6 is 11.6 Å². The van der Waals surface area contributed by atoms with Gasteiger partial charge in [-0.25, -0.2) is 9.37 Å². The average Bonchev–Trinajstić information content (AvgIpc) is 2.32. The summed E-state index contributed by atoms with van der Waals surface area (Å²) in [6, 6.07) is 3.77. The van der Waals surface area contributed by atoms with Crippen LogP contribution in [-0.4, -0.2) is 14.9 Å². The molecule has 0 aliphatic rings. The zero-order valence-electron chi connectivity index (χ0n) is 9.63. The van der Waals surface area contributed by atoms with Crippen LogP contribution in [0.15, 0.2) is 24.5 Å². The lowest BCUT2D eigenvalue weighted by atomic mass is 10.2. The standard InChI is InChI=1S/C11H7ClFN3O3/c1-6-4-7(13)2-3-8(6)19-11-9(16(17)18)10(12)14-5-15-11/h2-5H,1H3. The fourth-order valence-corrected chi connectivity index (χ4v) is 1.60. The highest BCUT2D eigenvalue weighted by atomic mass is 35.5. The number of halogens is 2. The normalized spacial score (nSPS) is 10.3. The Morgan fingerprint density at radius 1 is 1.42 bits per heavy atom. The maximum Gasteiger partial charge on any atom is 0.368 e. The summed E-state index contributed by atoms with van der Waals surface area (Å²) in [4.78, 5) is 17.3. The molecule has 98 valence electrons. The van der Waals surface area contributed by atoms with Gasteiger partial charge in [-0.15, -0.1) is 0 Å². The van der Waals surface area contributed by atoms with Crippen molar-refractivity contribution in [2.45, 2.75) is 6.92 Å². The fraction of sp³-hybridized carbons (Fsp3) is 0.0909. The summed E-state index contributed by atoms with van der Waals surface area (Å²) >= 11 is 5.62. The molecule has 0 aliphatic carbocycles. The first-order chi connectivity index (χ1) is 8.99. The van der Waals surface area contributed by atoms with Crippen LogP contribution in [0.1, 0.15) is 5.56 Å². The summed E-state index contributed by atoms with van der Waals surface area (Å²) in [5.74, 6) is -0.473. The Kier molecular flexibility index (Phi) is 3.57. The van der Waals surface area contributed by atoms with Crippen LogP contribution in [0, 0.1) is 22.9 Å². The number of aryl methyl sites for hydroxylation is 1. The second-order valence-corrected chi connectivity index (χ2v) is 3.95. The van der Waals surface area contributed by atoms with E-state index in [4.69, 9.17) is 16.3 Å². The van der Waals surface area contributed by atoms with Gasteiger partial charge in [-0.3, -0.25) is 10.1 Å². The molecule has 0 saturated heterocycles. The van der Waals surface area contributed by atoms with Crippen molar-refractivity contribution >= 4 is 17.3 Å². The quantitative estimate of drug-likeness (QED) is 0.491. The van der Waals surface area contributed by atoms with Crippen molar-refractivity contribution in [3.05, 3.63) is 51.2 Å². The summed E-state index contributed by atoms with van der Waals surface area (Å²) < 4.78 is 18.2. The molecule has 0 N–H and O–H groups in total. The predicted molar refractivity (Wildman–Crippen MR) is 64.9 cm³/mol. The molecular formula is C11H7ClFN3O3. The lowest BCUT2D eigenvalue weighted by Gasteiger charge is -2.07. The van der Waals surface area contributed by atoms with Gasteiger partial charge in [0.15, 0.2) is 0 Å². The van der Waals surface area contributed by atoms with Crippen LogP contribution in [0.25, 0.3) is 0 Å². The Labute approximate surface area is 112 Å². The second kappa shape index (κ2) is 5.15. The number of aromatic nitrogens is 2. The summed E-state index contributed by atoms with van der Waals surface area (Å²) in [7, 11) is 0. The first-order valence-corrected chi connectivity index (χ1v) is 5.45. The molecule has 0 bridgehead atoms. The third-order valence-electron chi connectivity index (χ3n) is 2.27. The van der Waals surface area contributed by atoms with Gasteiger partial charge in [0, 0.05) is 0 Å². The third kappa shape index (κ3) is 2.76. The van der Waals surface area contributed by atoms with E-state index >= 15 is 0 Å². The average molecular weight is 284 g/mol. The van der Waals surface area contributed by atoms with E-state index < -0.39 is 16.4 Å². The van der Waals surface area contributed by atoms with Gasteiger partial charge in [0.2, 0.25) is 5.15 Å². The van der Waals surface area contributed by atoms with Crippen molar-refractivity contribution in [2.75, 3.05) is 0 Å². The molecule has 0 amide bonds. The van der Waals surface area contributed by atoms with Crippen LogP contribution in [0.2, 0.25) is 5.15 Å². The maximum atomic E-state index is 12.9. The molecular weight excluding hydrogens is 277 g/mol. The Hall–Kier alpha value is -2.28. The molecule has 1 aromatic heterocycles. The van der Waals surface area contributed by atoms with Gasteiger partial charge in [-0.05, 0) is 30.7 Å². The molecule has 1 heterocycles. The van der Waals surface area contributed by atoms with E-state index in [9.17, 15) is 14.5 Å². The second-order valence-electron chi connectivity index (χ2n) is 3.59. The van der Waals surface area contributed by atoms with E-state index in [2.05, 4.69) is 9.97 Å². The minimum absolute atomic E-state index is 0.249. The molecule has 0 saturated carbocycles. The first-order valence-electron chi connectivity index (χ1n) is 5.08. The summed E-state index contributed by atoms with van der Waals surface area (Å²) in [6.45, 7) is 1.60. The number of ether oxygens (including phenoxy) is 1. The van der Waals surface area contributed by atoms with E-state index in [1.54, 1.807) is 6.92 Å². The van der Waals surface area contributed by atoms with Crippen LogP contribution < -0.4 is 4.74 Å². The van der Waals surface area contributed by atoms with Gasteiger partial charge < -0.3 is 4.74 Å². The number of nitrogens with zero attached hydrogens (tertiary/aromatic N) is 3. The monoisotopic (exact) mass is 283 g/mol. The number of hydrogen-bond acceptors (Lipinski definition) is 5. The van der Waals surface area contributed by atoms with Crippen LogP contribution in [0.5, 0.6) is 11.6 Å². The number of hydrogen-bond donors (Lipinski definition) is 0. The zero-order chi connectivity index (χ0) is 14.0. The minimum atomic E-state index is -0.740. The van der Waals surface area contributed by atoms with Crippen molar-refractivity contribution in [2.24, 2.45) is 0 Å². The third-order valence-corrected chi connectivity index (χ3v) is 2.55. The predicted octanol–water partition coefficient (Wildman–Crippen LogP) is 3.28. The summed E-state index contributed by atoms with van der Waals surface area (Å²) in [6.07, 6.45) is 1.05. The van der Waals surface area contributed by atoms with Crippen LogP contribution in [-0.2, 0) is 0 Å². The van der Waals surface area contributed by atoms with Gasteiger partial charge in [0.1, 0.15) is 17.9 Å². The van der Waals surface area contributed by atoms with Crippen molar-refractivity contribution in [1.82, 2.24) is 9.97 Å². The molecule has 0 atom stereocenters. The molecule has 0 aliphatic heterocycles. The van der Waals surface area contributed by atoms with Gasteiger partial charge in [-0.1, -0.05) is 11.6 Å². The van der Waals surface area contributed by atoms with Gasteiger partial charge in [0.05, 0.1) is 4.92 Å². The van der Waals surface area contributed by atoms with E-state index in [1.165, 1.54) is 18.2 Å². The lowest BCUT2D eigenvalue weighted by Crippen LogP contribution is -1.99. The highest BCUT2D eigenvalue weighted by Crippen LogP contribution is 2.34. The Balaban J connectivity index is 2.44. The summed E-state index contributed by atoms with van der Waals surface area (Å²) in [5, 5.41) is 10.5. The van der Waals surface area contributed by atoms with Crippen molar-refractivity contribution < 1.29 is 14.1 Å². The lowest BCUT2D eigenvalue weighted by molar-refractivity contribution is -0.386. The highest BCUT2D eigenvalue weighted by Gasteiger charge is 2.24. The number of nitro groups is 1. The maximum absolute atomic E-state index is 12.9. The van der Waals surface area contributed by atoms with E-state index in [0.717, 1.165) is 6.33 Å². The molecule has 8 heteroatoms. The topological polar surface area (TPSA) is 78.2 Å². The first kappa shape index (κ1) is 13.2. The largest absolute Gasteiger partial charge is 0.433 e. The molecule has 0 fully saturated rings. The molecule has 2 aromatic rings.